The Morgan fingerprint density at radius 1 is 0.917 bits per heavy atom. The van der Waals surface area contributed by atoms with Crippen molar-refractivity contribution in [1.29, 1.82) is 0 Å². The van der Waals surface area contributed by atoms with E-state index in [1.54, 1.807) is 18.2 Å². The zero-order valence-corrected chi connectivity index (χ0v) is 12.9. The second kappa shape index (κ2) is 6.96. The van der Waals surface area contributed by atoms with Crippen LogP contribution in [0.2, 0.25) is 0 Å². The normalized spacial score (nSPS) is 10.4. The first kappa shape index (κ1) is 15.7. The van der Waals surface area contributed by atoms with Crippen LogP contribution in [0.1, 0.15) is 21.5 Å². The lowest BCUT2D eigenvalue weighted by atomic mass is 10.0. The van der Waals surface area contributed by atoms with Crippen molar-refractivity contribution in [3.63, 3.8) is 0 Å². The number of carbonyl (C=O) groups is 1. The quantitative estimate of drug-likeness (QED) is 0.705. The Morgan fingerprint density at radius 2 is 1.62 bits per heavy atom. The van der Waals surface area contributed by atoms with Gasteiger partial charge in [0.15, 0.2) is 0 Å². The fraction of sp³-hybridized carbons (Fsp3) is 0.0500. The number of aromatic carboxylic acids is 1. The molecule has 3 aromatic carbocycles. The molecule has 3 aromatic rings. The molecule has 24 heavy (non-hydrogen) atoms. The number of benzene rings is 3. The summed E-state index contributed by atoms with van der Waals surface area (Å²) in [4.78, 5) is 11.4. The van der Waals surface area contributed by atoms with E-state index in [4.69, 9.17) is 0 Å². The Morgan fingerprint density at radius 3 is 2.29 bits per heavy atom. The molecule has 2 N–H and O–H groups in total. The zero-order chi connectivity index (χ0) is 16.9. The molecule has 3 rings (SSSR count). The van der Waals surface area contributed by atoms with Crippen LogP contribution in [0.25, 0.3) is 0 Å². The number of halogens is 1. The lowest BCUT2D eigenvalue weighted by molar-refractivity contribution is 0.0698. The molecule has 0 spiro atoms. The standard InChI is InChI=1S/C20H16FNO2/c21-16-7-9-17(10-8-16)22-19-13-15(6-11-18(19)20(23)24)12-14-4-2-1-3-5-14/h1-11,13,22H,12H2,(H,23,24). The molecule has 0 saturated carbocycles. The number of hydrogen-bond acceptors (Lipinski definition) is 2. The average Bonchev–Trinajstić information content (AvgIpc) is 2.58. The SMILES string of the molecule is O=C(O)c1ccc(Cc2ccccc2)cc1Nc1ccc(F)cc1. The summed E-state index contributed by atoms with van der Waals surface area (Å²) in [5.41, 5.74) is 3.44. The summed E-state index contributed by atoms with van der Waals surface area (Å²) in [6.45, 7) is 0. The Hall–Kier alpha value is -3.14. The van der Waals surface area contributed by atoms with Gasteiger partial charge < -0.3 is 10.4 Å². The molecule has 0 fully saturated rings. The van der Waals surface area contributed by atoms with E-state index in [0.717, 1.165) is 11.1 Å². The molecule has 0 aromatic heterocycles. The minimum atomic E-state index is -1.01. The molecule has 0 radical (unpaired) electrons. The first-order valence-electron chi connectivity index (χ1n) is 7.54. The highest BCUT2D eigenvalue weighted by Crippen LogP contribution is 2.24. The average molecular weight is 321 g/mol. The van der Waals surface area contributed by atoms with Crippen LogP contribution in [0.5, 0.6) is 0 Å². The van der Waals surface area contributed by atoms with Gasteiger partial charge in [-0.15, -0.1) is 0 Å². The van der Waals surface area contributed by atoms with Crippen molar-refractivity contribution in [3.8, 4) is 0 Å². The third kappa shape index (κ3) is 3.79. The van der Waals surface area contributed by atoms with Gasteiger partial charge >= 0.3 is 5.97 Å². The third-order valence-electron chi connectivity index (χ3n) is 3.69. The van der Waals surface area contributed by atoms with Crippen LogP contribution in [0.15, 0.2) is 72.8 Å². The van der Waals surface area contributed by atoms with Gasteiger partial charge in [0.05, 0.1) is 11.3 Å². The first-order valence-corrected chi connectivity index (χ1v) is 7.54. The largest absolute Gasteiger partial charge is 0.478 e. The molecule has 0 atom stereocenters. The van der Waals surface area contributed by atoms with Crippen molar-refractivity contribution in [2.75, 3.05) is 5.32 Å². The molecular weight excluding hydrogens is 305 g/mol. The molecule has 0 bridgehead atoms. The van der Waals surface area contributed by atoms with Crippen molar-refractivity contribution in [1.82, 2.24) is 0 Å². The summed E-state index contributed by atoms with van der Waals surface area (Å²) in [5.74, 6) is -1.34. The molecule has 3 nitrogen and oxygen atoms in total. The van der Waals surface area contributed by atoms with Crippen molar-refractivity contribution >= 4 is 17.3 Å². The molecule has 0 aliphatic carbocycles. The smallest absolute Gasteiger partial charge is 0.337 e. The Kier molecular flexibility index (Phi) is 4.57. The van der Waals surface area contributed by atoms with Gasteiger partial charge in [0.25, 0.3) is 0 Å². The maximum absolute atomic E-state index is 13.0. The number of carboxylic acid groups (broad SMARTS) is 1. The van der Waals surface area contributed by atoms with Crippen LogP contribution in [0, 0.1) is 5.82 Å². The molecule has 0 unspecified atom stereocenters. The predicted molar refractivity (Wildman–Crippen MR) is 92.3 cm³/mol. The molecule has 0 heterocycles. The van der Waals surface area contributed by atoms with Gasteiger partial charge in [0, 0.05) is 5.69 Å². The minimum absolute atomic E-state index is 0.177. The van der Waals surface area contributed by atoms with Gasteiger partial charge in [-0.25, -0.2) is 9.18 Å². The van der Waals surface area contributed by atoms with Crippen molar-refractivity contribution in [2.45, 2.75) is 6.42 Å². The van der Waals surface area contributed by atoms with E-state index in [2.05, 4.69) is 5.32 Å². The Labute approximate surface area is 139 Å². The van der Waals surface area contributed by atoms with Gasteiger partial charge in [-0.05, 0) is 53.9 Å². The molecule has 0 aliphatic heterocycles. The van der Waals surface area contributed by atoms with Gasteiger partial charge in [0.1, 0.15) is 5.82 Å². The van der Waals surface area contributed by atoms with Crippen molar-refractivity contribution in [3.05, 3.63) is 95.3 Å². The fourth-order valence-electron chi connectivity index (χ4n) is 2.51. The van der Waals surface area contributed by atoms with Crippen LogP contribution < -0.4 is 5.32 Å². The summed E-state index contributed by atoms with van der Waals surface area (Å²) < 4.78 is 13.0. The van der Waals surface area contributed by atoms with E-state index < -0.39 is 5.97 Å². The van der Waals surface area contributed by atoms with E-state index in [1.807, 2.05) is 42.5 Å². The second-order valence-electron chi connectivity index (χ2n) is 5.48. The Balaban J connectivity index is 1.91. The van der Waals surface area contributed by atoms with Crippen LogP contribution >= 0.6 is 0 Å². The van der Waals surface area contributed by atoms with Crippen molar-refractivity contribution in [2.24, 2.45) is 0 Å². The second-order valence-corrected chi connectivity index (χ2v) is 5.48. The monoisotopic (exact) mass is 321 g/mol. The summed E-state index contributed by atoms with van der Waals surface area (Å²) in [6.07, 6.45) is 0.707. The lowest BCUT2D eigenvalue weighted by Crippen LogP contribution is -2.04. The van der Waals surface area contributed by atoms with Gasteiger partial charge in [-0.3, -0.25) is 0 Å². The van der Waals surface area contributed by atoms with Crippen LogP contribution in [0.3, 0.4) is 0 Å². The highest BCUT2D eigenvalue weighted by atomic mass is 19.1. The fourth-order valence-corrected chi connectivity index (χ4v) is 2.51. The zero-order valence-electron chi connectivity index (χ0n) is 12.9. The molecule has 0 amide bonds. The number of hydrogen-bond donors (Lipinski definition) is 2. The van der Waals surface area contributed by atoms with Crippen LogP contribution in [0.4, 0.5) is 15.8 Å². The summed E-state index contributed by atoms with van der Waals surface area (Å²) in [7, 11) is 0. The minimum Gasteiger partial charge on any atom is -0.478 e. The maximum atomic E-state index is 13.0. The van der Waals surface area contributed by atoms with Crippen LogP contribution in [-0.4, -0.2) is 11.1 Å². The lowest BCUT2D eigenvalue weighted by Gasteiger charge is -2.12. The summed E-state index contributed by atoms with van der Waals surface area (Å²) in [6, 6.07) is 21.0. The predicted octanol–water partition coefficient (Wildman–Crippen LogP) is 4.86. The van der Waals surface area contributed by atoms with Gasteiger partial charge in [-0.1, -0.05) is 36.4 Å². The van der Waals surface area contributed by atoms with Gasteiger partial charge in [0.2, 0.25) is 0 Å². The van der Waals surface area contributed by atoms with E-state index >= 15 is 0 Å². The highest BCUT2D eigenvalue weighted by molar-refractivity contribution is 5.95. The molecule has 0 saturated heterocycles. The first-order chi connectivity index (χ1) is 11.6. The van der Waals surface area contributed by atoms with E-state index in [9.17, 15) is 14.3 Å². The number of carboxylic acids is 1. The van der Waals surface area contributed by atoms with Gasteiger partial charge in [-0.2, -0.15) is 0 Å². The third-order valence-corrected chi connectivity index (χ3v) is 3.69. The van der Waals surface area contributed by atoms with Crippen molar-refractivity contribution < 1.29 is 14.3 Å². The number of rotatable bonds is 5. The maximum Gasteiger partial charge on any atom is 0.337 e. The molecule has 120 valence electrons. The highest BCUT2D eigenvalue weighted by Gasteiger charge is 2.11. The van der Waals surface area contributed by atoms with Crippen LogP contribution in [-0.2, 0) is 6.42 Å². The Bertz CT molecular complexity index is 845. The topological polar surface area (TPSA) is 49.3 Å². The number of nitrogens with one attached hydrogen (secondary N) is 1. The molecule has 0 aliphatic rings. The molecular formula is C20H16FNO2. The number of anilines is 2. The van der Waals surface area contributed by atoms with E-state index in [1.165, 1.54) is 12.1 Å². The van der Waals surface area contributed by atoms with E-state index in [0.29, 0.717) is 17.8 Å². The summed E-state index contributed by atoms with van der Waals surface area (Å²) >= 11 is 0. The summed E-state index contributed by atoms with van der Waals surface area (Å²) in [5, 5.41) is 12.4. The van der Waals surface area contributed by atoms with E-state index in [-0.39, 0.29) is 11.4 Å². The molecule has 4 heteroatoms.